The Kier molecular flexibility index (Phi) is 5.18. The van der Waals surface area contributed by atoms with E-state index in [9.17, 15) is 4.79 Å². The van der Waals surface area contributed by atoms with Crippen molar-refractivity contribution in [3.63, 3.8) is 0 Å². The SMILES string of the molecule is COc1cc(OC)nc(NC(=O)c2ccc(I)c(Cl)c2)n1. The van der Waals surface area contributed by atoms with Crippen LogP contribution in [0.25, 0.3) is 0 Å². The average Bonchev–Trinajstić information content (AvgIpc) is 2.49. The monoisotopic (exact) mass is 419 g/mol. The summed E-state index contributed by atoms with van der Waals surface area (Å²) in [4.78, 5) is 20.2. The second-order valence-electron chi connectivity index (χ2n) is 3.86. The number of benzene rings is 1. The van der Waals surface area contributed by atoms with Gasteiger partial charge >= 0.3 is 0 Å². The molecule has 0 aliphatic rings. The number of rotatable bonds is 4. The molecule has 2 aromatic rings. The Balaban J connectivity index is 2.24. The molecule has 8 heteroatoms. The van der Waals surface area contributed by atoms with Crippen molar-refractivity contribution in [1.29, 1.82) is 0 Å². The molecule has 0 atom stereocenters. The molecule has 21 heavy (non-hydrogen) atoms. The minimum absolute atomic E-state index is 0.0888. The van der Waals surface area contributed by atoms with Crippen molar-refractivity contribution in [2.75, 3.05) is 19.5 Å². The summed E-state index contributed by atoms with van der Waals surface area (Å²) in [6.07, 6.45) is 0. The van der Waals surface area contributed by atoms with Crippen molar-refractivity contribution in [1.82, 2.24) is 9.97 Å². The van der Waals surface area contributed by atoms with Gasteiger partial charge in [-0.3, -0.25) is 10.1 Å². The molecule has 1 aromatic carbocycles. The van der Waals surface area contributed by atoms with Gasteiger partial charge in [0.1, 0.15) is 0 Å². The van der Waals surface area contributed by atoms with Crippen LogP contribution in [0.15, 0.2) is 24.3 Å². The highest BCUT2D eigenvalue weighted by Gasteiger charge is 2.12. The zero-order valence-corrected chi connectivity index (χ0v) is 14.1. The van der Waals surface area contributed by atoms with Crippen molar-refractivity contribution in [3.05, 3.63) is 38.4 Å². The molecule has 6 nitrogen and oxygen atoms in total. The molecule has 1 aromatic heterocycles. The lowest BCUT2D eigenvalue weighted by Crippen LogP contribution is -2.14. The molecule has 2 rings (SSSR count). The Labute approximate surface area is 140 Å². The van der Waals surface area contributed by atoms with E-state index in [1.165, 1.54) is 20.3 Å². The molecule has 0 saturated carbocycles. The summed E-state index contributed by atoms with van der Waals surface area (Å²) < 4.78 is 10.9. The number of nitrogens with one attached hydrogen (secondary N) is 1. The normalized spacial score (nSPS) is 10.1. The van der Waals surface area contributed by atoms with Crippen LogP contribution < -0.4 is 14.8 Å². The summed E-state index contributed by atoms with van der Waals surface area (Å²) in [5.41, 5.74) is 0.408. The lowest BCUT2D eigenvalue weighted by molar-refractivity contribution is 0.102. The molecular weight excluding hydrogens is 409 g/mol. The van der Waals surface area contributed by atoms with Gasteiger partial charge in [0.25, 0.3) is 5.91 Å². The lowest BCUT2D eigenvalue weighted by Gasteiger charge is -2.08. The third-order valence-corrected chi connectivity index (χ3v) is 4.08. The number of hydrogen-bond acceptors (Lipinski definition) is 5. The fraction of sp³-hybridized carbons (Fsp3) is 0.154. The standard InChI is InChI=1S/C13H11ClIN3O3/c1-20-10-6-11(21-2)17-13(16-10)18-12(19)7-3-4-9(15)8(14)5-7/h3-6H,1-2H3,(H,16,17,18,19). The van der Waals surface area contributed by atoms with Crippen LogP contribution in [0.5, 0.6) is 11.8 Å². The number of nitrogens with zero attached hydrogens (tertiary/aromatic N) is 2. The van der Waals surface area contributed by atoms with E-state index in [-0.39, 0.29) is 23.6 Å². The molecule has 0 unspecified atom stereocenters. The van der Waals surface area contributed by atoms with Crippen molar-refractivity contribution in [2.45, 2.75) is 0 Å². The maximum Gasteiger partial charge on any atom is 0.258 e. The molecular formula is C13H11ClIN3O3. The number of amides is 1. The van der Waals surface area contributed by atoms with Gasteiger partial charge in [-0.25, -0.2) is 0 Å². The smallest absolute Gasteiger partial charge is 0.258 e. The minimum atomic E-state index is -0.372. The summed E-state index contributed by atoms with van der Waals surface area (Å²) in [6.45, 7) is 0. The topological polar surface area (TPSA) is 73.3 Å². The van der Waals surface area contributed by atoms with E-state index in [0.717, 1.165) is 3.57 Å². The molecule has 0 saturated heterocycles. The highest BCUT2D eigenvalue weighted by molar-refractivity contribution is 14.1. The maximum atomic E-state index is 12.1. The highest BCUT2D eigenvalue weighted by atomic mass is 127. The van der Waals surface area contributed by atoms with E-state index in [1.54, 1.807) is 18.2 Å². The van der Waals surface area contributed by atoms with Gasteiger partial charge in [0, 0.05) is 9.13 Å². The van der Waals surface area contributed by atoms with Crippen molar-refractivity contribution < 1.29 is 14.3 Å². The molecule has 0 bridgehead atoms. The van der Waals surface area contributed by atoms with Gasteiger partial charge in [-0.1, -0.05) is 11.6 Å². The predicted molar refractivity (Wildman–Crippen MR) is 87.3 cm³/mol. The number of methoxy groups -OCH3 is 2. The number of ether oxygens (including phenoxy) is 2. The predicted octanol–water partition coefficient (Wildman–Crippen LogP) is 3.00. The summed E-state index contributed by atoms with van der Waals surface area (Å²) >= 11 is 8.08. The second-order valence-corrected chi connectivity index (χ2v) is 5.43. The first-order chi connectivity index (χ1) is 10.0. The molecule has 1 amide bonds. The van der Waals surface area contributed by atoms with Crippen LogP contribution in [0.1, 0.15) is 10.4 Å². The van der Waals surface area contributed by atoms with Crippen molar-refractivity contribution >= 4 is 46.0 Å². The third kappa shape index (κ3) is 3.94. The zero-order chi connectivity index (χ0) is 15.4. The summed E-state index contributed by atoms with van der Waals surface area (Å²) in [5.74, 6) is 0.296. The summed E-state index contributed by atoms with van der Waals surface area (Å²) in [5, 5.41) is 3.08. The van der Waals surface area contributed by atoms with E-state index in [1.807, 2.05) is 0 Å². The first kappa shape index (κ1) is 15.8. The molecule has 1 N–H and O–H groups in total. The molecule has 1 heterocycles. The first-order valence-electron chi connectivity index (χ1n) is 5.77. The molecule has 110 valence electrons. The van der Waals surface area contributed by atoms with Crippen LogP contribution in [-0.2, 0) is 0 Å². The third-order valence-electron chi connectivity index (χ3n) is 2.50. The van der Waals surface area contributed by atoms with Crippen molar-refractivity contribution in [2.24, 2.45) is 0 Å². The summed E-state index contributed by atoms with van der Waals surface area (Å²) in [7, 11) is 2.93. The van der Waals surface area contributed by atoms with E-state index < -0.39 is 0 Å². The van der Waals surface area contributed by atoms with Gasteiger partial charge in [0.15, 0.2) is 0 Å². The van der Waals surface area contributed by atoms with Gasteiger partial charge in [-0.05, 0) is 40.8 Å². The van der Waals surface area contributed by atoms with Gasteiger partial charge in [0.05, 0.1) is 25.3 Å². The Morgan fingerprint density at radius 1 is 1.19 bits per heavy atom. The maximum absolute atomic E-state index is 12.1. The lowest BCUT2D eigenvalue weighted by atomic mass is 10.2. The zero-order valence-electron chi connectivity index (χ0n) is 11.2. The number of carbonyl (C=O) groups excluding carboxylic acids is 1. The largest absolute Gasteiger partial charge is 0.481 e. The number of anilines is 1. The molecule has 0 spiro atoms. The quantitative estimate of drug-likeness (QED) is 0.771. The van der Waals surface area contributed by atoms with Crippen LogP contribution in [0.2, 0.25) is 5.02 Å². The highest BCUT2D eigenvalue weighted by Crippen LogP contribution is 2.21. The van der Waals surface area contributed by atoms with Crippen LogP contribution in [-0.4, -0.2) is 30.1 Å². The van der Waals surface area contributed by atoms with Crippen LogP contribution in [0.3, 0.4) is 0 Å². The Bertz CT molecular complexity index is 659. The molecule has 0 aliphatic heterocycles. The van der Waals surface area contributed by atoms with E-state index in [0.29, 0.717) is 10.6 Å². The van der Waals surface area contributed by atoms with Crippen LogP contribution in [0, 0.1) is 3.57 Å². The average molecular weight is 420 g/mol. The number of aromatic nitrogens is 2. The van der Waals surface area contributed by atoms with Gasteiger partial charge in [-0.2, -0.15) is 9.97 Å². The Morgan fingerprint density at radius 3 is 2.33 bits per heavy atom. The Morgan fingerprint density at radius 2 is 1.81 bits per heavy atom. The minimum Gasteiger partial charge on any atom is -0.481 e. The van der Waals surface area contributed by atoms with Crippen molar-refractivity contribution in [3.8, 4) is 11.8 Å². The van der Waals surface area contributed by atoms with Crippen LogP contribution in [0.4, 0.5) is 5.95 Å². The van der Waals surface area contributed by atoms with E-state index >= 15 is 0 Å². The van der Waals surface area contributed by atoms with E-state index in [4.69, 9.17) is 21.1 Å². The Hall–Kier alpha value is -1.61. The summed E-state index contributed by atoms with van der Waals surface area (Å²) in [6, 6.07) is 6.51. The fourth-order valence-corrected chi connectivity index (χ4v) is 2.00. The number of carbonyl (C=O) groups is 1. The van der Waals surface area contributed by atoms with Gasteiger partial charge < -0.3 is 9.47 Å². The van der Waals surface area contributed by atoms with Gasteiger partial charge in [-0.15, -0.1) is 0 Å². The number of hydrogen-bond donors (Lipinski definition) is 1. The van der Waals surface area contributed by atoms with Gasteiger partial charge in [0.2, 0.25) is 17.7 Å². The van der Waals surface area contributed by atoms with Crippen LogP contribution >= 0.6 is 34.2 Å². The number of halogens is 2. The fourth-order valence-electron chi connectivity index (χ4n) is 1.48. The molecule has 0 radical (unpaired) electrons. The second kappa shape index (κ2) is 6.90. The molecule has 0 fully saturated rings. The van der Waals surface area contributed by atoms with E-state index in [2.05, 4.69) is 37.9 Å². The molecule has 0 aliphatic carbocycles. The first-order valence-corrected chi connectivity index (χ1v) is 7.22.